The Kier molecular flexibility index (Phi) is 5.81. The second kappa shape index (κ2) is 7.91. The van der Waals surface area contributed by atoms with E-state index in [4.69, 9.17) is 4.74 Å². The van der Waals surface area contributed by atoms with Crippen molar-refractivity contribution in [3.05, 3.63) is 52.3 Å². The van der Waals surface area contributed by atoms with Gasteiger partial charge in [0.1, 0.15) is 10.6 Å². The van der Waals surface area contributed by atoms with Gasteiger partial charge in [-0.05, 0) is 23.8 Å². The Balaban J connectivity index is 1.71. The first kappa shape index (κ1) is 19.1. The Hall–Kier alpha value is -1.68. The van der Waals surface area contributed by atoms with Gasteiger partial charge in [-0.2, -0.15) is 4.31 Å². The van der Waals surface area contributed by atoms with Gasteiger partial charge in [0.25, 0.3) is 5.91 Å². The number of benzene rings is 1. The van der Waals surface area contributed by atoms with Gasteiger partial charge in [0.15, 0.2) is 0 Å². The lowest BCUT2D eigenvalue weighted by atomic mass is 10.2. The number of amides is 1. The molecule has 2 heterocycles. The average Bonchev–Trinajstić information content (AvgIpc) is 3.14. The Bertz CT molecular complexity index is 874. The normalized spacial score (nSPS) is 15.8. The van der Waals surface area contributed by atoms with Crippen LogP contribution in [0, 0.1) is 0 Å². The molecular weight excluding hydrogens is 422 g/mol. The van der Waals surface area contributed by atoms with E-state index >= 15 is 0 Å². The number of nitrogens with one attached hydrogen (secondary N) is 1. The molecule has 0 spiro atoms. The van der Waals surface area contributed by atoms with E-state index in [0.29, 0.717) is 32.8 Å². The van der Waals surface area contributed by atoms with Gasteiger partial charge in [-0.15, -0.1) is 0 Å². The van der Waals surface area contributed by atoms with Crippen LogP contribution in [0.5, 0.6) is 0 Å². The van der Waals surface area contributed by atoms with E-state index in [1.807, 2.05) is 24.3 Å². The minimum atomic E-state index is -3.62. The highest BCUT2D eigenvalue weighted by atomic mass is 79.9. The van der Waals surface area contributed by atoms with Crippen molar-refractivity contribution in [3.63, 3.8) is 0 Å². The molecule has 1 fully saturated rings. The maximum atomic E-state index is 12.6. The van der Waals surface area contributed by atoms with Gasteiger partial charge < -0.3 is 14.6 Å². The SMILES string of the molecule is CN(Cc1ccc(Br)cc1)C(=O)c1cc(S(=O)(=O)N2CCOCC2)c[nH]1. The minimum absolute atomic E-state index is 0.0970. The van der Waals surface area contributed by atoms with E-state index in [1.54, 1.807) is 11.9 Å². The highest BCUT2D eigenvalue weighted by Crippen LogP contribution is 2.19. The lowest BCUT2D eigenvalue weighted by Gasteiger charge is -2.25. The fraction of sp³-hybridized carbons (Fsp3) is 0.353. The molecule has 0 bridgehead atoms. The number of nitrogens with zero attached hydrogens (tertiary/aromatic N) is 2. The summed E-state index contributed by atoms with van der Waals surface area (Å²) in [6.07, 6.45) is 1.37. The summed E-state index contributed by atoms with van der Waals surface area (Å²) in [5, 5.41) is 0. The molecule has 1 aliphatic rings. The number of morpholine rings is 1. The second-order valence-electron chi connectivity index (χ2n) is 6.05. The minimum Gasteiger partial charge on any atom is -0.379 e. The van der Waals surface area contributed by atoms with E-state index in [1.165, 1.54) is 16.6 Å². The predicted octanol–water partition coefficient (Wildman–Crippen LogP) is 2.07. The third-order valence-corrected chi connectivity index (χ3v) is 6.58. The number of aromatic amines is 1. The third-order valence-electron chi connectivity index (χ3n) is 4.17. The lowest BCUT2D eigenvalue weighted by molar-refractivity contribution is 0.0730. The molecule has 2 aromatic rings. The van der Waals surface area contributed by atoms with Gasteiger partial charge >= 0.3 is 0 Å². The Labute approximate surface area is 161 Å². The highest BCUT2D eigenvalue weighted by molar-refractivity contribution is 9.10. The van der Waals surface area contributed by atoms with Gasteiger partial charge in [-0.1, -0.05) is 28.1 Å². The molecule has 3 rings (SSSR count). The topological polar surface area (TPSA) is 82.7 Å². The van der Waals surface area contributed by atoms with Crippen LogP contribution in [-0.2, 0) is 21.3 Å². The third kappa shape index (κ3) is 4.17. The molecule has 0 aliphatic carbocycles. The number of sulfonamides is 1. The molecular formula is C17H20BrN3O4S. The summed E-state index contributed by atoms with van der Waals surface area (Å²) in [5.74, 6) is -0.267. The van der Waals surface area contributed by atoms with Crippen LogP contribution in [0.1, 0.15) is 16.1 Å². The number of hydrogen-bond donors (Lipinski definition) is 1. The smallest absolute Gasteiger partial charge is 0.270 e. The van der Waals surface area contributed by atoms with Crippen molar-refractivity contribution in [1.29, 1.82) is 0 Å². The van der Waals surface area contributed by atoms with Crippen LogP contribution in [0.3, 0.4) is 0 Å². The van der Waals surface area contributed by atoms with E-state index in [0.717, 1.165) is 10.0 Å². The van der Waals surface area contributed by atoms with Crippen molar-refractivity contribution in [2.75, 3.05) is 33.4 Å². The summed E-state index contributed by atoms with van der Waals surface area (Å²) in [7, 11) is -1.94. The van der Waals surface area contributed by atoms with Gasteiger partial charge in [0.05, 0.1) is 13.2 Å². The van der Waals surface area contributed by atoms with Crippen molar-refractivity contribution >= 4 is 31.9 Å². The Morgan fingerprint density at radius 2 is 1.92 bits per heavy atom. The van der Waals surface area contributed by atoms with Crippen LogP contribution in [0.2, 0.25) is 0 Å². The van der Waals surface area contributed by atoms with Crippen LogP contribution >= 0.6 is 15.9 Å². The van der Waals surface area contributed by atoms with Crippen molar-refractivity contribution in [2.24, 2.45) is 0 Å². The molecule has 1 amide bonds. The molecule has 9 heteroatoms. The molecule has 1 aromatic carbocycles. The maximum Gasteiger partial charge on any atom is 0.270 e. The number of halogens is 1. The zero-order valence-corrected chi connectivity index (χ0v) is 16.7. The number of hydrogen-bond acceptors (Lipinski definition) is 4. The fourth-order valence-electron chi connectivity index (χ4n) is 2.72. The number of aromatic nitrogens is 1. The van der Waals surface area contributed by atoms with Crippen LogP contribution in [0.25, 0.3) is 0 Å². The van der Waals surface area contributed by atoms with E-state index in [9.17, 15) is 13.2 Å². The standard InChI is InChI=1S/C17H20BrN3O4S/c1-20(12-13-2-4-14(18)5-3-13)17(22)16-10-15(11-19-16)26(23,24)21-6-8-25-9-7-21/h2-5,10-11,19H,6-9,12H2,1H3. The molecule has 1 saturated heterocycles. The number of ether oxygens (including phenoxy) is 1. The van der Waals surface area contributed by atoms with Crippen molar-refractivity contribution < 1.29 is 17.9 Å². The lowest BCUT2D eigenvalue weighted by Crippen LogP contribution is -2.40. The van der Waals surface area contributed by atoms with Crippen molar-refractivity contribution in [3.8, 4) is 0 Å². The summed E-state index contributed by atoms with van der Waals surface area (Å²) in [6, 6.07) is 9.07. The molecule has 140 valence electrons. The van der Waals surface area contributed by atoms with Crippen LogP contribution in [0.15, 0.2) is 45.9 Å². The highest BCUT2D eigenvalue weighted by Gasteiger charge is 2.28. The summed E-state index contributed by atoms with van der Waals surface area (Å²) < 4.78 is 32.8. The molecule has 0 atom stereocenters. The zero-order valence-electron chi connectivity index (χ0n) is 14.3. The second-order valence-corrected chi connectivity index (χ2v) is 8.91. The maximum absolute atomic E-state index is 12.6. The molecule has 0 radical (unpaired) electrons. The van der Waals surface area contributed by atoms with Crippen molar-refractivity contribution in [1.82, 2.24) is 14.2 Å². The summed E-state index contributed by atoms with van der Waals surface area (Å²) in [5.41, 5.74) is 1.23. The summed E-state index contributed by atoms with van der Waals surface area (Å²) in [6.45, 7) is 1.83. The largest absolute Gasteiger partial charge is 0.379 e. The van der Waals surface area contributed by atoms with Gasteiger partial charge in [0, 0.05) is 37.4 Å². The first-order chi connectivity index (χ1) is 12.4. The van der Waals surface area contributed by atoms with Gasteiger partial charge in [-0.25, -0.2) is 8.42 Å². The van der Waals surface area contributed by atoms with Crippen LogP contribution in [-0.4, -0.2) is 61.9 Å². The van der Waals surface area contributed by atoms with E-state index in [-0.39, 0.29) is 16.5 Å². The molecule has 1 aromatic heterocycles. The van der Waals surface area contributed by atoms with Crippen LogP contribution < -0.4 is 0 Å². The van der Waals surface area contributed by atoms with Crippen molar-refractivity contribution in [2.45, 2.75) is 11.4 Å². The monoisotopic (exact) mass is 441 g/mol. The predicted molar refractivity (Wildman–Crippen MR) is 100 cm³/mol. The molecule has 1 aliphatic heterocycles. The number of carbonyl (C=O) groups is 1. The quantitative estimate of drug-likeness (QED) is 0.769. The average molecular weight is 442 g/mol. The van der Waals surface area contributed by atoms with Gasteiger partial charge in [-0.3, -0.25) is 4.79 Å². The molecule has 1 N–H and O–H groups in total. The molecule has 0 saturated carbocycles. The first-order valence-corrected chi connectivity index (χ1v) is 10.4. The summed E-state index contributed by atoms with van der Waals surface area (Å²) in [4.78, 5) is 17.0. The fourth-order valence-corrected chi connectivity index (χ4v) is 4.39. The molecule has 26 heavy (non-hydrogen) atoms. The number of carbonyl (C=O) groups excluding carboxylic acids is 1. The number of rotatable bonds is 5. The van der Waals surface area contributed by atoms with Crippen LogP contribution in [0.4, 0.5) is 0 Å². The number of H-pyrrole nitrogens is 1. The van der Waals surface area contributed by atoms with E-state index < -0.39 is 10.0 Å². The zero-order chi connectivity index (χ0) is 18.7. The van der Waals surface area contributed by atoms with Gasteiger partial charge in [0.2, 0.25) is 10.0 Å². The Morgan fingerprint density at radius 1 is 1.27 bits per heavy atom. The Morgan fingerprint density at radius 3 is 2.58 bits per heavy atom. The first-order valence-electron chi connectivity index (χ1n) is 8.14. The molecule has 7 nitrogen and oxygen atoms in total. The summed E-state index contributed by atoms with van der Waals surface area (Å²) >= 11 is 3.38. The molecule has 0 unspecified atom stereocenters. The van der Waals surface area contributed by atoms with E-state index in [2.05, 4.69) is 20.9 Å².